The summed E-state index contributed by atoms with van der Waals surface area (Å²) in [5, 5.41) is 20.9. The van der Waals surface area contributed by atoms with E-state index >= 15 is 0 Å². The lowest BCUT2D eigenvalue weighted by Crippen LogP contribution is -2.46. The molecular formula is C19H27NO. The van der Waals surface area contributed by atoms with Gasteiger partial charge in [0.25, 0.3) is 0 Å². The molecule has 0 heterocycles. The van der Waals surface area contributed by atoms with Crippen molar-refractivity contribution in [3.8, 4) is 6.07 Å². The topological polar surface area (TPSA) is 44.0 Å². The molecule has 2 rings (SSSR count). The summed E-state index contributed by atoms with van der Waals surface area (Å²) in [6, 6.07) is 12.1. The van der Waals surface area contributed by atoms with Crippen LogP contribution in [0.1, 0.15) is 58.9 Å². The predicted molar refractivity (Wildman–Crippen MR) is 85.5 cm³/mol. The maximum absolute atomic E-state index is 11.1. The van der Waals surface area contributed by atoms with Crippen molar-refractivity contribution in [2.75, 3.05) is 0 Å². The largest absolute Gasteiger partial charge is 0.384 e. The fourth-order valence-corrected chi connectivity index (χ4v) is 3.72. The quantitative estimate of drug-likeness (QED) is 0.860. The van der Waals surface area contributed by atoms with Gasteiger partial charge in [0, 0.05) is 0 Å². The first-order valence-corrected chi connectivity index (χ1v) is 7.92. The molecule has 0 aliphatic heterocycles. The summed E-state index contributed by atoms with van der Waals surface area (Å²) in [5.41, 5.74) is -0.636. The summed E-state index contributed by atoms with van der Waals surface area (Å²) in [4.78, 5) is 0. The first-order chi connectivity index (χ1) is 9.73. The van der Waals surface area contributed by atoms with Crippen LogP contribution in [0.3, 0.4) is 0 Å². The third kappa shape index (κ3) is 2.85. The SMILES string of the molecule is CC(C)(C)C1CCC(C#N)(C(C)(O)c2ccccc2)CC1. The molecule has 0 bridgehead atoms. The predicted octanol–water partition coefficient (Wildman–Crippen LogP) is 4.64. The molecule has 1 saturated carbocycles. The van der Waals surface area contributed by atoms with E-state index in [1.807, 2.05) is 37.3 Å². The van der Waals surface area contributed by atoms with Crippen LogP contribution in [0.5, 0.6) is 0 Å². The number of aliphatic hydroxyl groups is 1. The molecule has 0 saturated heterocycles. The van der Waals surface area contributed by atoms with Gasteiger partial charge in [0.2, 0.25) is 0 Å². The number of hydrogen-bond acceptors (Lipinski definition) is 2. The summed E-state index contributed by atoms with van der Waals surface area (Å²) >= 11 is 0. The molecular weight excluding hydrogens is 258 g/mol. The van der Waals surface area contributed by atoms with Crippen LogP contribution in [-0.2, 0) is 5.60 Å². The first-order valence-electron chi connectivity index (χ1n) is 7.92. The summed E-state index contributed by atoms with van der Waals surface area (Å²) < 4.78 is 0. The maximum Gasteiger partial charge on any atom is 0.105 e. The number of hydrogen-bond donors (Lipinski definition) is 1. The second-order valence-corrected chi connectivity index (χ2v) is 7.77. The lowest BCUT2D eigenvalue weighted by molar-refractivity contribution is -0.0764. The monoisotopic (exact) mass is 285 g/mol. The Balaban J connectivity index is 2.27. The van der Waals surface area contributed by atoms with Crippen LogP contribution in [0.15, 0.2) is 30.3 Å². The van der Waals surface area contributed by atoms with E-state index in [1.54, 1.807) is 0 Å². The molecule has 1 aliphatic carbocycles. The average Bonchev–Trinajstić information content (AvgIpc) is 2.47. The molecule has 1 atom stereocenters. The summed E-state index contributed by atoms with van der Waals surface area (Å²) in [7, 11) is 0. The zero-order valence-corrected chi connectivity index (χ0v) is 13.7. The van der Waals surface area contributed by atoms with Gasteiger partial charge in [0.05, 0.1) is 11.5 Å². The van der Waals surface area contributed by atoms with Crippen LogP contribution < -0.4 is 0 Å². The fourth-order valence-electron chi connectivity index (χ4n) is 3.72. The molecule has 2 nitrogen and oxygen atoms in total. The molecule has 0 aromatic heterocycles. The smallest absolute Gasteiger partial charge is 0.105 e. The molecule has 1 unspecified atom stereocenters. The fraction of sp³-hybridized carbons (Fsp3) is 0.632. The van der Waals surface area contributed by atoms with Crippen LogP contribution in [0.4, 0.5) is 0 Å². The molecule has 1 fully saturated rings. The summed E-state index contributed by atoms with van der Waals surface area (Å²) in [6.45, 7) is 8.62. The standard InChI is InChI=1S/C19H27NO/c1-17(2,3)15-10-12-19(14-20,13-11-15)18(4,21)16-8-6-5-7-9-16/h5-9,15,21H,10-13H2,1-4H3. The molecule has 1 aromatic rings. The van der Waals surface area contributed by atoms with Gasteiger partial charge in [0.1, 0.15) is 5.60 Å². The Labute approximate surface area is 128 Å². The highest BCUT2D eigenvalue weighted by Crippen LogP contribution is 2.53. The van der Waals surface area contributed by atoms with Gasteiger partial charge in [0.15, 0.2) is 0 Å². The Kier molecular flexibility index (Phi) is 4.17. The van der Waals surface area contributed by atoms with Crippen molar-refractivity contribution < 1.29 is 5.11 Å². The van der Waals surface area contributed by atoms with Crippen molar-refractivity contribution in [1.29, 1.82) is 5.26 Å². The highest BCUT2D eigenvalue weighted by atomic mass is 16.3. The van der Waals surface area contributed by atoms with Crippen LogP contribution in [0.25, 0.3) is 0 Å². The number of rotatable bonds is 2. The van der Waals surface area contributed by atoms with E-state index in [1.165, 1.54) is 0 Å². The number of nitriles is 1. The van der Waals surface area contributed by atoms with E-state index in [0.717, 1.165) is 31.2 Å². The minimum absolute atomic E-state index is 0.278. The van der Waals surface area contributed by atoms with Gasteiger partial charge in [-0.25, -0.2) is 0 Å². The molecule has 0 spiro atoms. The average molecular weight is 285 g/mol. The second kappa shape index (κ2) is 5.46. The van der Waals surface area contributed by atoms with Gasteiger partial charge in [-0.1, -0.05) is 51.1 Å². The Bertz CT molecular complexity index is 511. The first kappa shape index (κ1) is 16.0. The van der Waals surface area contributed by atoms with Crippen LogP contribution in [0.2, 0.25) is 0 Å². The third-order valence-electron chi connectivity index (χ3n) is 5.55. The van der Waals surface area contributed by atoms with E-state index < -0.39 is 11.0 Å². The summed E-state index contributed by atoms with van der Waals surface area (Å²) in [5.74, 6) is 0.630. The van der Waals surface area contributed by atoms with Crippen molar-refractivity contribution in [2.45, 2.75) is 59.0 Å². The Morgan fingerprint density at radius 2 is 1.62 bits per heavy atom. The molecule has 0 radical (unpaired) electrons. The molecule has 21 heavy (non-hydrogen) atoms. The van der Waals surface area contributed by atoms with E-state index in [-0.39, 0.29) is 5.41 Å². The van der Waals surface area contributed by atoms with Crippen molar-refractivity contribution in [2.24, 2.45) is 16.7 Å². The van der Waals surface area contributed by atoms with Gasteiger partial charge in [-0.3, -0.25) is 0 Å². The molecule has 1 N–H and O–H groups in total. The van der Waals surface area contributed by atoms with E-state index in [9.17, 15) is 10.4 Å². The van der Waals surface area contributed by atoms with Crippen molar-refractivity contribution in [3.05, 3.63) is 35.9 Å². The maximum atomic E-state index is 11.1. The minimum atomic E-state index is -1.09. The van der Waals surface area contributed by atoms with Gasteiger partial charge < -0.3 is 5.11 Å². The molecule has 2 heteroatoms. The van der Waals surface area contributed by atoms with Gasteiger partial charge in [-0.15, -0.1) is 0 Å². The van der Waals surface area contributed by atoms with Crippen molar-refractivity contribution in [3.63, 3.8) is 0 Å². The van der Waals surface area contributed by atoms with Gasteiger partial charge >= 0.3 is 0 Å². The van der Waals surface area contributed by atoms with Crippen molar-refractivity contribution >= 4 is 0 Å². The van der Waals surface area contributed by atoms with Crippen LogP contribution in [0, 0.1) is 28.1 Å². The Hall–Kier alpha value is -1.33. The van der Waals surface area contributed by atoms with Crippen LogP contribution >= 0.6 is 0 Å². The molecule has 0 amide bonds. The van der Waals surface area contributed by atoms with Crippen molar-refractivity contribution in [1.82, 2.24) is 0 Å². The lowest BCUT2D eigenvalue weighted by Gasteiger charge is -2.47. The summed E-state index contributed by atoms with van der Waals surface area (Å²) in [6.07, 6.45) is 3.57. The molecule has 1 aromatic carbocycles. The highest BCUT2D eigenvalue weighted by Gasteiger charge is 2.51. The Morgan fingerprint density at radius 3 is 2.05 bits per heavy atom. The van der Waals surface area contributed by atoms with Gasteiger partial charge in [-0.2, -0.15) is 5.26 Å². The highest BCUT2D eigenvalue weighted by molar-refractivity contribution is 5.28. The van der Waals surface area contributed by atoms with E-state index in [0.29, 0.717) is 5.92 Å². The number of benzene rings is 1. The van der Waals surface area contributed by atoms with E-state index in [4.69, 9.17) is 0 Å². The second-order valence-electron chi connectivity index (χ2n) is 7.77. The number of nitrogens with zero attached hydrogens (tertiary/aromatic N) is 1. The van der Waals surface area contributed by atoms with E-state index in [2.05, 4.69) is 26.8 Å². The van der Waals surface area contributed by atoms with Crippen LogP contribution in [-0.4, -0.2) is 5.11 Å². The third-order valence-corrected chi connectivity index (χ3v) is 5.55. The normalized spacial score (nSPS) is 29.4. The zero-order chi connectivity index (χ0) is 15.7. The van der Waals surface area contributed by atoms with Gasteiger partial charge in [-0.05, 0) is 49.5 Å². The zero-order valence-electron chi connectivity index (χ0n) is 13.7. The Morgan fingerprint density at radius 1 is 1.10 bits per heavy atom. The minimum Gasteiger partial charge on any atom is -0.384 e. The molecule has 1 aliphatic rings. The lowest BCUT2D eigenvalue weighted by atomic mass is 9.58. The molecule has 114 valence electrons.